The monoisotopic (exact) mass is 479 g/mol. The van der Waals surface area contributed by atoms with Crippen molar-refractivity contribution >= 4 is 40.7 Å². The number of aromatic nitrogens is 1. The number of hydrogen-bond acceptors (Lipinski definition) is 3. The second kappa shape index (κ2) is 9.16. The Morgan fingerprint density at radius 3 is 2.42 bits per heavy atom. The molecule has 0 spiro atoms. The van der Waals surface area contributed by atoms with Crippen molar-refractivity contribution in [2.75, 3.05) is 18.4 Å². The number of nitrogens with zero attached hydrogens (tertiary/aromatic N) is 2. The maximum absolute atomic E-state index is 13.0. The fraction of sp³-hybridized carbons (Fsp3) is 0.269. The molecule has 0 bridgehead atoms. The quantitative estimate of drug-likeness (QED) is 0.485. The van der Waals surface area contributed by atoms with Gasteiger partial charge in [0.2, 0.25) is 0 Å². The van der Waals surface area contributed by atoms with E-state index < -0.39 is 0 Å². The van der Waals surface area contributed by atoms with Gasteiger partial charge >= 0.3 is 0 Å². The van der Waals surface area contributed by atoms with E-state index in [9.17, 15) is 9.59 Å². The third kappa shape index (κ3) is 4.48. The normalized spacial score (nSPS) is 19.4. The van der Waals surface area contributed by atoms with E-state index in [1.165, 1.54) is 19.3 Å². The molecule has 0 radical (unpaired) electrons. The summed E-state index contributed by atoms with van der Waals surface area (Å²) in [4.78, 5) is 32.1. The van der Waals surface area contributed by atoms with Crippen LogP contribution in [0.25, 0.3) is 11.3 Å². The zero-order valence-corrected chi connectivity index (χ0v) is 19.4. The van der Waals surface area contributed by atoms with Crippen LogP contribution >= 0.6 is 23.2 Å². The molecule has 5 nitrogen and oxygen atoms in total. The summed E-state index contributed by atoms with van der Waals surface area (Å²) in [6.45, 7) is 1.64. The van der Waals surface area contributed by atoms with Crippen molar-refractivity contribution < 1.29 is 9.59 Å². The Hall–Kier alpha value is -2.89. The first-order valence-electron chi connectivity index (χ1n) is 11.1. The summed E-state index contributed by atoms with van der Waals surface area (Å²) in [5.41, 5.74) is 2.83. The molecule has 168 valence electrons. The van der Waals surface area contributed by atoms with Crippen LogP contribution in [-0.2, 0) is 0 Å². The molecule has 2 heterocycles. The Morgan fingerprint density at radius 2 is 1.73 bits per heavy atom. The molecule has 2 aromatic carbocycles. The highest BCUT2D eigenvalue weighted by atomic mass is 35.5. The fourth-order valence-corrected chi connectivity index (χ4v) is 5.42. The lowest BCUT2D eigenvalue weighted by Crippen LogP contribution is -2.29. The standard InChI is InChI=1S/C26H23Cl2N3O2/c27-22-10-8-19(13-21(22)24-6-1-2-11-29-24)30-25(32)20-9-7-16(12-23(20)28)26(33)31-14-17-4-3-5-18(17)15-31/h1-2,6-13,17-18H,3-5,14-15H2,(H,30,32). The number of likely N-dealkylation sites (tertiary alicyclic amines) is 1. The second-order valence-corrected chi connectivity index (χ2v) is 9.53. The molecule has 3 aromatic rings. The van der Waals surface area contributed by atoms with E-state index in [2.05, 4.69) is 10.3 Å². The van der Waals surface area contributed by atoms with Gasteiger partial charge in [-0.15, -0.1) is 0 Å². The van der Waals surface area contributed by atoms with Crippen molar-refractivity contribution in [2.24, 2.45) is 11.8 Å². The van der Waals surface area contributed by atoms with Crippen molar-refractivity contribution in [1.82, 2.24) is 9.88 Å². The molecule has 1 aromatic heterocycles. The lowest BCUT2D eigenvalue weighted by molar-refractivity contribution is 0.0780. The van der Waals surface area contributed by atoms with Crippen LogP contribution < -0.4 is 5.32 Å². The molecule has 1 saturated heterocycles. The molecular formula is C26H23Cl2N3O2. The van der Waals surface area contributed by atoms with Crippen molar-refractivity contribution in [1.29, 1.82) is 0 Å². The second-order valence-electron chi connectivity index (χ2n) is 8.72. The number of carbonyl (C=O) groups is 2. The van der Waals surface area contributed by atoms with Gasteiger partial charge in [0, 0.05) is 36.1 Å². The van der Waals surface area contributed by atoms with Crippen LogP contribution in [0.4, 0.5) is 5.69 Å². The predicted octanol–water partition coefficient (Wildman–Crippen LogP) is 6.18. The molecule has 2 unspecified atom stereocenters. The number of rotatable bonds is 4. The molecule has 2 amide bonds. The van der Waals surface area contributed by atoms with E-state index in [1.54, 1.807) is 42.6 Å². The smallest absolute Gasteiger partial charge is 0.257 e. The lowest BCUT2D eigenvalue weighted by Gasteiger charge is -2.18. The van der Waals surface area contributed by atoms with Crippen LogP contribution in [0, 0.1) is 11.8 Å². The van der Waals surface area contributed by atoms with Gasteiger partial charge in [0.05, 0.1) is 21.3 Å². The molecule has 1 aliphatic heterocycles. The summed E-state index contributed by atoms with van der Waals surface area (Å²) in [5.74, 6) is 0.884. The van der Waals surface area contributed by atoms with Gasteiger partial charge in [0.15, 0.2) is 0 Å². The van der Waals surface area contributed by atoms with Crippen LogP contribution in [0.2, 0.25) is 10.0 Å². The fourth-order valence-electron chi connectivity index (χ4n) is 4.94. The number of fused-ring (bicyclic) bond motifs is 1. The number of carbonyl (C=O) groups excluding carboxylic acids is 2. The molecule has 2 fully saturated rings. The molecular weight excluding hydrogens is 457 g/mol. The van der Waals surface area contributed by atoms with E-state index in [0.717, 1.165) is 18.7 Å². The average Bonchev–Trinajstić information content (AvgIpc) is 3.43. The predicted molar refractivity (Wildman–Crippen MR) is 131 cm³/mol. The van der Waals surface area contributed by atoms with Crippen LogP contribution in [0.15, 0.2) is 60.8 Å². The first-order valence-corrected chi connectivity index (χ1v) is 11.9. The van der Waals surface area contributed by atoms with E-state index in [-0.39, 0.29) is 16.8 Å². The van der Waals surface area contributed by atoms with Crippen LogP contribution in [0.5, 0.6) is 0 Å². The SMILES string of the molecule is O=C(Nc1ccc(Cl)c(-c2ccccn2)c1)c1ccc(C(=O)N2CC3CCCC3C2)cc1Cl. The van der Waals surface area contributed by atoms with Crippen molar-refractivity contribution in [3.05, 3.63) is 82.0 Å². The third-order valence-electron chi connectivity index (χ3n) is 6.64. The zero-order valence-electron chi connectivity index (χ0n) is 17.9. The zero-order chi connectivity index (χ0) is 22.9. The van der Waals surface area contributed by atoms with Crippen molar-refractivity contribution in [2.45, 2.75) is 19.3 Å². The first-order chi connectivity index (χ1) is 16.0. The molecule has 1 saturated carbocycles. The largest absolute Gasteiger partial charge is 0.338 e. The van der Waals surface area contributed by atoms with Crippen LogP contribution in [0.3, 0.4) is 0 Å². The Labute approximate surface area is 202 Å². The number of amides is 2. The summed E-state index contributed by atoms with van der Waals surface area (Å²) in [6.07, 6.45) is 5.38. The Balaban J connectivity index is 1.31. The minimum atomic E-state index is -0.357. The molecule has 1 aliphatic carbocycles. The number of nitrogens with one attached hydrogen (secondary N) is 1. The van der Waals surface area contributed by atoms with E-state index in [0.29, 0.717) is 39.4 Å². The maximum Gasteiger partial charge on any atom is 0.257 e. The first kappa shape index (κ1) is 21.9. The van der Waals surface area contributed by atoms with E-state index in [4.69, 9.17) is 23.2 Å². The topological polar surface area (TPSA) is 62.3 Å². The highest BCUT2D eigenvalue weighted by Crippen LogP contribution is 2.38. The van der Waals surface area contributed by atoms with Gasteiger partial charge in [-0.25, -0.2) is 0 Å². The van der Waals surface area contributed by atoms with Gasteiger partial charge < -0.3 is 10.2 Å². The number of halogens is 2. The Bertz CT molecular complexity index is 1200. The summed E-state index contributed by atoms with van der Waals surface area (Å²) in [5, 5.41) is 3.65. The van der Waals surface area contributed by atoms with Gasteiger partial charge in [-0.2, -0.15) is 0 Å². The number of hydrogen-bond donors (Lipinski definition) is 1. The van der Waals surface area contributed by atoms with Gasteiger partial charge in [0.1, 0.15) is 0 Å². The van der Waals surface area contributed by atoms with Crippen LogP contribution in [0.1, 0.15) is 40.0 Å². The molecule has 2 atom stereocenters. The molecule has 2 aliphatic rings. The van der Waals surface area contributed by atoms with Gasteiger partial charge in [-0.3, -0.25) is 14.6 Å². The maximum atomic E-state index is 13.0. The van der Waals surface area contributed by atoms with Crippen molar-refractivity contribution in [3.8, 4) is 11.3 Å². The van der Waals surface area contributed by atoms with Gasteiger partial charge in [-0.1, -0.05) is 35.7 Å². The Kier molecular flexibility index (Phi) is 6.09. The average molecular weight is 480 g/mol. The number of pyridine rings is 1. The highest BCUT2D eigenvalue weighted by molar-refractivity contribution is 6.35. The summed E-state index contributed by atoms with van der Waals surface area (Å²) in [7, 11) is 0. The molecule has 7 heteroatoms. The van der Waals surface area contributed by atoms with Gasteiger partial charge in [0.25, 0.3) is 11.8 Å². The summed E-state index contributed by atoms with van der Waals surface area (Å²) < 4.78 is 0. The minimum absolute atomic E-state index is 0.0176. The molecule has 5 rings (SSSR count). The third-order valence-corrected chi connectivity index (χ3v) is 7.28. The van der Waals surface area contributed by atoms with E-state index in [1.807, 2.05) is 23.1 Å². The Morgan fingerprint density at radius 1 is 0.939 bits per heavy atom. The summed E-state index contributed by atoms with van der Waals surface area (Å²) >= 11 is 12.8. The highest BCUT2D eigenvalue weighted by Gasteiger charge is 2.38. The van der Waals surface area contributed by atoms with Crippen molar-refractivity contribution in [3.63, 3.8) is 0 Å². The van der Waals surface area contributed by atoms with Gasteiger partial charge in [-0.05, 0) is 73.2 Å². The lowest BCUT2D eigenvalue weighted by atomic mass is 10.0. The minimum Gasteiger partial charge on any atom is -0.338 e. The van der Waals surface area contributed by atoms with E-state index >= 15 is 0 Å². The number of anilines is 1. The number of benzene rings is 2. The van der Waals surface area contributed by atoms with Crippen LogP contribution in [-0.4, -0.2) is 34.8 Å². The molecule has 1 N–H and O–H groups in total. The molecule has 33 heavy (non-hydrogen) atoms. The summed E-state index contributed by atoms with van der Waals surface area (Å²) in [6, 6.07) is 15.7.